The van der Waals surface area contributed by atoms with Crippen LogP contribution in [-0.4, -0.2) is 21.8 Å². The molecule has 0 amide bonds. The number of carbonyl (C=O) groups is 2. The Morgan fingerprint density at radius 3 is 1.57 bits per heavy atom. The standard InChI is InChI=1S/C16H15O2.C13H9BrO2.C3H5.CH4.2Rf/c1-2-6-12-9-10-15(17)14(11-12)16(18)13-7-4-3-5-8-13;14-10-6-7-12(15)11(8-10)13(16)9-4-2-1-3-5-9;1-3-2;;;/h3-5,7-11,17H,1-2,6H2;1-8,15H;3H,1-2H2;1H4;;/q-1;;-1;;;. The molecule has 0 aliphatic rings. The van der Waals surface area contributed by atoms with Gasteiger partial charge in [0.25, 0.3) is 0 Å². The molecule has 0 spiro atoms. The van der Waals surface area contributed by atoms with E-state index < -0.39 is 0 Å². The third-order valence-corrected chi connectivity index (χ3v) is 5.54. The molecule has 4 aromatic carbocycles. The second kappa shape index (κ2) is 18.2. The molecule has 0 saturated carbocycles. The Bertz CT molecular complexity index is 1330. The number of allylic oxidation sites excluding steroid dienone is 1. The number of rotatable bonds is 6. The summed E-state index contributed by atoms with van der Waals surface area (Å²) < 4.78 is 0.768. The molecule has 0 atom stereocenters. The summed E-state index contributed by atoms with van der Waals surface area (Å²) in [5.41, 5.74) is 2.82. The topological polar surface area (TPSA) is 74.6 Å². The molecule has 202 valence electrons. The maximum atomic E-state index is 12.2. The van der Waals surface area contributed by atoms with E-state index in [1.807, 2.05) is 30.3 Å². The maximum Gasteiger partial charge on any atom is 0.196 e. The maximum absolute atomic E-state index is 12.2. The van der Waals surface area contributed by atoms with Crippen LogP contribution in [0.3, 0.4) is 0 Å². The molecule has 0 aromatic heterocycles. The van der Waals surface area contributed by atoms with Gasteiger partial charge in [-0.2, -0.15) is 6.42 Å². The van der Waals surface area contributed by atoms with Crippen LogP contribution in [0, 0.1) is 13.8 Å². The number of aryl methyl sites for hydroxylation is 1. The van der Waals surface area contributed by atoms with Crippen LogP contribution in [0.4, 0.5) is 0 Å². The van der Waals surface area contributed by atoms with Crippen LogP contribution >= 0.6 is 15.9 Å². The number of ketones is 2. The van der Waals surface area contributed by atoms with Crippen molar-refractivity contribution in [1.29, 1.82) is 0 Å². The van der Waals surface area contributed by atoms with Crippen LogP contribution in [0.5, 0.6) is 11.5 Å². The van der Waals surface area contributed by atoms with Gasteiger partial charge in [0.05, 0.1) is 11.1 Å². The van der Waals surface area contributed by atoms with Gasteiger partial charge in [-0.3, -0.25) is 9.59 Å². The van der Waals surface area contributed by atoms with Crippen LogP contribution in [-0.2, 0) is 6.42 Å². The van der Waals surface area contributed by atoms with Crippen molar-refractivity contribution in [1.82, 2.24) is 0 Å². The van der Waals surface area contributed by atoms with Gasteiger partial charge in [0, 0.05) is 15.6 Å². The zero-order valence-electron chi connectivity index (χ0n) is 21.9. The molecule has 0 aliphatic carbocycles. The molecular formula is C33H33BrO4Rf2-2. The quantitative estimate of drug-likeness (QED) is 0.150. The molecule has 4 nitrogen and oxygen atoms in total. The zero-order valence-corrected chi connectivity index (χ0v) is 36.2. The Morgan fingerprint density at radius 1 is 0.750 bits per heavy atom. The van der Waals surface area contributed by atoms with Gasteiger partial charge in [0.1, 0.15) is 11.5 Å². The Labute approximate surface area is 234 Å². The van der Waals surface area contributed by atoms with E-state index >= 15 is 0 Å². The fourth-order valence-corrected chi connectivity index (χ4v) is 3.67. The number of carbonyl (C=O) groups excluding carboxylic acids is 2. The Hall–Kier alpha value is -6.09. The van der Waals surface area contributed by atoms with E-state index in [1.165, 1.54) is 12.1 Å². The van der Waals surface area contributed by atoms with E-state index in [0.717, 1.165) is 22.9 Å². The first kappa shape index (κ1) is 36.1. The summed E-state index contributed by atoms with van der Waals surface area (Å²) >= 11 is 3.27. The first-order valence-electron chi connectivity index (χ1n) is 11.5. The van der Waals surface area contributed by atoms with E-state index in [1.54, 1.807) is 60.7 Å². The molecule has 2 N–H and O–H groups in total. The van der Waals surface area contributed by atoms with E-state index in [9.17, 15) is 19.8 Å². The molecule has 0 unspecified atom stereocenters. The van der Waals surface area contributed by atoms with Gasteiger partial charge in [-0.15, -0.1) is 0 Å². The van der Waals surface area contributed by atoms with Crippen LogP contribution in [0.25, 0.3) is 0 Å². The van der Waals surface area contributed by atoms with Crippen LogP contribution in [0.2, 0.25) is 0 Å². The predicted molar refractivity (Wildman–Crippen MR) is 160 cm³/mol. The summed E-state index contributed by atoms with van der Waals surface area (Å²) in [6.07, 6.45) is 3.07. The molecular weight excluding hydrogens is 1070 g/mol. The summed E-state index contributed by atoms with van der Waals surface area (Å²) in [7, 11) is 0. The van der Waals surface area contributed by atoms with E-state index in [0.29, 0.717) is 22.3 Å². The van der Waals surface area contributed by atoms with Gasteiger partial charge in [0.2, 0.25) is 0 Å². The molecule has 0 radical (unpaired) electrons. The monoisotopic (exact) mass is 1110 g/mol. The molecule has 0 heterocycles. The first-order chi connectivity index (χ1) is 17.8. The van der Waals surface area contributed by atoms with Gasteiger partial charge >= 0.3 is 0 Å². The number of phenolic OH excluding ortho intramolecular Hbond substituents is 2. The molecule has 0 fully saturated rings. The first-order valence-corrected chi connectivity index (χ1v) is 12.3. The molecule has 0 saturated heterocycles. The molecule has 4 rings (SSSR count). The number of hydrogen-bond donors (Lipinski definition) is 2. The number of halogens is 1. The number of benzene rings is 4. The Balaban J connectivity index is 0. The largest absolute Gasteiger partial charge is 0.507 e. The second-order valence-electron chi connectivity index (χ2n) is 7.80. The van der Waals surface area contributed by atoms with E-state index in [2.05, 4.69) is 36.4 Å². The number of aromatic hydroxyl groups is 2. The van der Waals surface area contributed by atoms with Gasteiger partial charge in [-0.1, -0.05) is 96.5 Å². The second-order valence-corrected chi connectivity index (χ2v) is 8.71. The third kappa shape index (κ3) is 10.1. The SMILES string of the molecule is C.C=C[CH2-].O=C(c1ccccc1)c1cc(Br)ccc1O.[CH2-]CCc1ccc(O)c(C(=O)c2ccccc2)c1.[Rf].[Rf]. The average Bonchev–Trinajstić information content (AvgIpc) is 2.92. The minimum absolute atomic E-state index is 0. The van der Waals surface area contributed by atoms with Crippen molar-refractivity contribution in [3.05, 3.63) is 156 Å². The predicted octanol–water partition coefficient (Wildman–Crippen LogP) is 8.42. The summed E-state index contributed by atoms with van der Waals surface area (Å²) in [6, 6.07) is 27.8. The van der Waals surface area contributed by atoms with Crippen LogP contribution in [0.1, 0.15) is 51.3 Å². The smallest absolute Gasteiger partial charge is 0.196 e. The van der Waals surface area contributed by atoms with Crippen molar-refractivity contribution in [2.45, 2.75) is 20.3 Å². The Kier molecular flexibility index (Phi) is 16.4. The van der Waals surface area contributed by atoms with Gasteiger partial charge in [-0.25, -0.2) is 19.6 Å². The fourth-order valence-electron chi connectivity index (χ4n) is 3.30. The van der Waals surface area contributed by atoms with Crippen LogP contribution in [0.15, 0.2) is 114 Å². The van der Waals surface area contributed by atoms with Crippen molar-refractivity contribution in [2.75, 3.05) is 0 Å². The summed E-state index contributed by atoms with van der Waals surface area (Å²) in [6.45, 7) is 10.3. The van der Waals surface area contributed by atoms with Crippen molar-refractivity contribution in [3.63, 3.8) is 0 Å². The fraction of sp³-hybridized carbons (Fsp3) is 0.0909. The van der Waals surface area contributed by atoms with Gasteiger partial charge < -0.3 is 17.1 Å². The zero-order chi connectivity index (χ0) is 27.2. The molecule has 0 bridgehead atoms. The van der Waals surface area contributed by atoms with Gasteiger partial charge in [0.15, 0.2) is 11.6 Å². The van der Waals surface area contributed by atoms with Crippen molar-refractivity contribution in [3.8, 4) is 11.5 Å². The summed E-state index contributed by atoms with van der Waals surface area (Å²) in [4.78, 5) is 24.3. The van der Waals surface area contributed by atoms with Crippen molar-refractivity contribution < 1.29 is 19.8 Å². The van der Waals surface area contributed by atoms with Crippen molar-refractivity contribution >= 4 is 27.5 Å². The third-order valence-electron chi connectivity index (χ3n) is 5.05. The minimum Gasteiger partial charge on any atom is -0.507 e. The van der Waals surface area contributed by atoms with Gasteiger partial charge in [-0.05, 0) is 35.9 Å². The Morgan fingerprint density at radius 2 is 1.15 bits per heavy atom. The summed E-state index contributed by atoms with van der Waals surface area (Å²) in [5, 5.41) is 19.4. The normalized spacial score (nSPS) is 8.95. The van der Waals surface area contributed by atoms with Crippen molar-refractivity contribution in [2.24, 2.45) is 0 Å². The number of hydrogen-bond acceptors (Lipinski definition) is 4. The van der Waals surface area contributed by atoms with E-state index in [4.69, 9.17) is 0 Å². The van der Waals surface area contributed by atoms with E-state index in [-0.39, 0.29) is 30.5 Å². The molecule has 0 aliphatic heterocycles. The minimum atomic E-state index is -0.181. The summed E-state index contributed by atoms with van der Waals surface area (Å²) in [5.74, 6) is -0.313. The molecule has 4 aromatic rings. The number of phenols is 2. The molecule has 40 heavy (non-hydrogen) atoms. The average molecular weight is 1110 g/mol. The van der Waals surface area contributed by atoms with Crippen LogP contribution < -0.4 is 0 Å². The molecule has 7 heteroatoms.